The molecule has 0 saturated heterocycles. The van der Waals surface area contributed by atoms with Crippen LogP contribution in [0, 0.1) is 5.92 Å². The number of tetrazole rings is 1. The van der Waals surface area contributed by atoms with Crippen LogP contribution in [0.5, 0.6) is 0 Å². The summed E-state index contributed by atoms with van der Waals surface area (Å²) in [4.78, 5) is 8.43. The number of rotatable bonds is 7. The van der Waals surface area contributed by atoms with Crippen LogP contribution in [-0.2, 0) is 19.3 Å². The van der Waals surface area contributed by atoms with E-state index >= 15 is 0 Å². The number of benzene rings is 3. The molecule has 0 bridgehead atoms. The summed E-state index contributed by atoms with van der Waals surface area (Å²) in [6.45, 7) is 0. The molecule has 2 heterocycles. The molecular weight excluding hydrogens is 468 g/mol. The summed E-state index contributed by atoms with van der Waals surface area (Å²) in [6.07, 6.45) is 7.93. The fraction of sp³-hybridized carbons (Fsp3) is 0.310. The van der Waals surface area contributed by atoms with Crippen LogP contribution in [0.15, 0.2) is 66.7 Å². The quantitative estimate of drug-likeness (QED) is 0.262. The fourth-order valence-electron chi connectivity index (χ4n) is 5.75. The van der Waals surface area contributed by atoms with E-state index in [-0.39, 0.29) is 0 Å². The fourth-order valence-corrected chi connectivity index (χ4v) is 5.94. The minimum atomic E-state index is 0.528. The van der Waals surface area contributed by atoms with Gasteiger partial charge in [0, 0.05) is 17.0 Å². The molecule has 1 saturated carbocycles. The van der Waals surface area contributed by atoms with Crippen molar-refractivity contribution in [3.8, 4) is 11.4 Å². The van der Waals surface area contributed by atoms with Gasteiger partial charge in [-0.3, -0.25) is 0 Å². The maximum Gasteiger partial charge on any atom is 0.204 e. The largest absolute Gasteiger partial charge is 0.342 e. The topological polar surface area (TPSA) is 83.1 Å². The van der Waals surface area contributed by atoms with Crippen LogP contribution >= 0.6 is 11.6 Å². The average molecular weight is 497 g/mol. The van der Waals surface area contributed by atoms with Gasteiger partial charge in [0.05, 0.1) is 11.0 Å². The van der Waals surface area contributed by atoms with Crippen LogP contribution < -0.4 is 0 Å². The summed E-state index contributed by atoms with van der Waals surface area (Å²) in [6, 6.07) is 23.2. The van der Waals surface area contributed by atoms with E-state index in [0.717, 1.165) is 46.7 Å². The molecule has 0 spiro atoms. The van der Waals surface area contributed by atoms with Gasteiger partial charge in [-0.05, 0) is 83.7 Å². The van der Waals surface area contributed by atoms with Crippen molar-refractivity contribution in [1.82, 2.24) is 30.6 Å². The van der Waals surface area contributed by atoms with Gasteiger partial charge in [-0.25, -0.2) is 4.98 Å². The number of aromatic nitrogens is 6. The van der Waals surface area contributed by atoms with Crippen molar-refractivity contribution in [1.29, 1.82) is 0 Å². The van der Waals surface area contributed by atoms with Gasteiger partial charge < -0.3 is 4.98 Å². The summed E-state index contributed by atoms with van der Waals surface area (Å²) in [5.74, 6) is 2.82. The zero-order chi connectivity index (χ0) is 24.3. The summed E-state index contributed by atoms with van der Waals surface area (Å²) in [5.41, 5.74) is 7.26. The smallest absolute Gasteiger partial charge is 0.204 e. The Morgan fingerprint density at radius 3 is 2.61 bits per heavy atom. The molecule has 3 aromatic carbocycles. The van der Waals surface area contributed by atoms with Crippen LogP contribution in [0.2, 0.25) is 5.02 Å². The number of aryl methyl sites for hydroxylation is 2. The first-order chi connectivity index (χ1) is 17.7. The van der Waals surface area contributed by atoms with Crippen molar-refractivity contribution >= 4 is 22.6 Å². The van der Waals surface area contributed by atoms with Crippen LogP contribution in [-0.4, -0.2) is 30.6 Å². The lowest BCUT2D eigenvalue weighted by molar-refractivity contribution is 0.301. The first kappa shape index (κ1) is 22.9. The van der Waals surface area contributed by atoms with Crippen molar-refractivity contribution in [3.63, 3.8) is 0 Å². The number of imidazole rings is 1. The van der Waals surface area contributed by atoms with Gasteiger partial charge in [0.2, 0.25) is 5.82 Å². The van der Waals surface area contributed by atoms with Gasteiger partial charge in [-0.2, -0.15) is 5.21 Å². The molecule has 6 nitrogen and oxygen atoms in total. The van der Waals surface area contributed by atoms with Crippen LogP contribution in [0.1, 0.15) is 54.1 Å². The predicted molar refractivity (Wildman–Crippen MR) is 143 cm³/mol. The molecule has 2 aromatic heterocycles. The van der Waals surface area contributed by atoms with Gasteiger partial charge in [0.1, 0.15) is 5.82 Å². The Hall–Kier alpha value is -3.51. The van der Waals surface area contributed by atoms with Crippen LogP contribution in [0.3, 0.4) is 0 Å². The third kappa shape index (κ3) is 4.91. The number of H-pyrrole nitrogens is 2. The van der Waals surface area contributed by atoms with E-state index in [2.05, 4.69) is 92.3 Å². The highest BCUT2D eigenvalue weighted by Crippen LogP contribution is 2.41. The number of fused-ring (bicyclic) bond motifs is 1. The average Bonchev–Trinajstić information content (AvgIpc) is 3.58. The summed E-state index contributed by atoms with van der Waals surface area (Å²) in [5, 5.41) is 15.1. The number of nitrogens with zero attached hydrogens (tertiary/aromatic N) is 4. The molecule has 1 aliphatic carbocycles. The van der Waals surface area contributed by atoms with E-state index in [1.807, 2.05) is 0 Å². The second kappa shape index (κ2) is 10.2. The van der Waals surface area contributed by atoms with E-state index < -0.39 is 0 Å². The van der Waals surface area contributed by atoms with Crippen molar-refractivity contribution in [2.75, 3.05) is 0 Å². The normalized spacial score (nSPS) is 18.0. The van der Waals surface area contributed by atoms with Crippen LogP contribution in [0.25, 0.3) is 22.4 Å². The van der Waals surface area contributed by atoms with Crippen molar-refractivity contribution in [2.45, 2.75) is 50.9 Å². The van der Waals surface area contributed by atoms with E-state index in [0.29, 0.717) is 17.7 Å². The highest BCUT2D eigenvalue weighted by molar-refractivity contribution is 6.30. The molecule has 1 fully saturated rings. The molecule has 0 radical (unpaired) electrons. The van der Waals surface area contributed by atoms with Gasteiger partial charge in [0.25, 0.3) is 0 Å². The van der Waals surface area contributed by atoms with Gasteiger partial charge in [-0.15, -0.1) is 10.2 Å². The highest BCUT2D eigenvalue weighted by Gasteiger charge is 2.29. The highest BCUT2D eigenvalue weighted by atomic mass is 35.5. The Labute approximate surface area is 215 Å². The van der Waals surface area contributed by atoms with E-state index in [1.165, 1.54) is 42.4 Å². The monoisotopic (exact) mass is 496 g/mol. The number of halogens is 1. The molecule has 5 aromatic rings. The Bertz CT molecular complexity index is 1410. The number of hydrogen-bond acceptors (Lipinski definition) is 4. The van der Waals surface area contributed by atoms with Gasteiger partial charge in [-0.1, -0.05) is 66.9 Å². The van der Waals surface area contributed by atoms with Crippen molar-refractivity contribution in [3.05, 3.63) is 94.3 Å². The second-order valence-electron chi connectivity index (χ2n) is 9.83. The Morgan fingerprint density at radius 1 is 0.917 bits per heavy atom. The van der Waals surface area contributed by atoms with Crippen LogP contribution in [0.4, 0.5) is 0 Å². The summed E-state index contributed by atoms with van der Waals surface area (Å²) < 4.78 is 0. The zero-order valence-corrected chi connectivity index (χ0v) is 20.9. The lowest BCUT2D eigenvalue weighted by Crippen LogP contribution is -2.21. The standard InChI is InChI=1S/C29H29ClN6/c30-23-15-16-25(22(17-23)14-11-19-9-12-20(13-10-19)29-33-35-36-34-29)24-6-2-1-5-21(24)18-28-31-26-7-3-4-8-27(26)32-28/h3-4,7-10,12-13,15-17,21,24H,1-2,5-6,11,14,18H2,(H,31,32)(H,33,34,35,36). The van der Waals surface area contributed by atoms with E-state index in [4.69, 9.17) is 16.6 Å². The molecule has 6 rings (SSSR count). The van der Waals surface area contributed by atoms with Gasteiger partial charge >= 0.3 is 0 Å². The maximum atomic E-state index is 6.49. The first-order valence-corrected chi connectivity index (χ1v) is 13.2. The number of hydrogen-bond donors (Lipinski definition) is 2. The van der Waals surface area contributed by atoms with E-state index in [1.54, 1.807) is 0 Å². The SMILES string of the molecule is Clc1ccc(C2CCCCC2Cc2nc3ccccc3[nH]2)c(CCc2ccc(-c3nn[nH]n3)cc2)c1. The second-order valence-corrected chi connectivity index (χ2v) is 10.3. The van der Waals surface area contributed by atoms with Crippen molar-refractivity contribution < 1.29 is 0 Å². The molecule has 0 aliphatic heterocycles. The molecule has 2 N–H and O–H groups in total. The minimum Gasteiger partial charge on any atom is -0.342 e. The number of nitrogens with one attached hydrogen (secondary N) is 2. The first-order valence-electron chi connectivity index (χ1n) is 12.8. The summed E-state index contributed by atoms with van der Waals surface area (Å²) in [7, 11) is 0. The molecule has 0 amide bonds. The Balaban J connectivity index is 1.21. The number of para-hydroxylation sites is 2. The molecular formula is C29H29ClN6. The lowest BCUT2D eigenvalue weighted by Gasteiger charge is -2.33. The molecule has 36 heavy (non-hydrogen) atoms. The third-order valence-electron chi connectivity index (χ3n) is 7.55. The Morgan fingerprint density at radius 2 is 1.78 bits per heavy atom. The minimum absolute atomic E-state index is 0.528. The number of aromatic amines is 2. The predicted octanol–water partition coefficient (Wildman–Crippen LogP) is 6.70. The molecule has 1 aliphatic rings. The third-order valence-corrected chi connectivity index (χ3v) is 7.78. The summed E-state index contributed by atoms with van der Waals surface area (Å²) >= 11 is 6.49. The van der Waals surface area contributed by atoms with Crippen molar-refractivity contribution in [2.24, 2.45) is 5.92 Å². The zero-order valence-electron chi connectivity index (χ0n) is 20.1. The maximum absolute atomic E-state index is 6.49. The van der Waals surface area contributed by atoms with Gasteiger partial charge in [0.15, 0.2) is 0 Å². The molecule has 2 atom stereocenters. The Kier molecular flexibility index (Phi) is 6.51. The molecule has 182 valence electrons. The van der Waals surface area contributed by atoms with E-state index in [9.17, 15) is 0 Å². The lowest BCUT2D eigenvalue weighted by atomic mass is 9.72. The molecule has 2 unspecified atom stereocenters. The molecule has 7 heteroatoms.